The number of aromatic carboxylic acids is 3. The van der Waals surface area contributed by atoms with E-state index in [9.17, 15) is 14.4 Å². The molecule has 0 unspecified atom stereocenters. The summed E-state index contributed by atoms with van der Waals surface area (Å²) in [7, 11) is 0. The van der Waals surface area contributed by atoms with Gasteiger partial charge in [0.05, 0.1) is 22.9 Å². The minimum Gasteiger partial charge on any atom is -0.478 e. The van der Waals surface area contributed by atoms with Gasteiger partial charge in [0.1, 0.15) is 0 Å². The fraction of sp³-hybridized carbons (Fsp3) is 0.190. The summed E-state index contributed by atoms with van der Waals surface area (Å²) in [5, 5.41) is 30.0. The predicted molar refractivity (Wildman–Crippen MR) is 107 cm³/mol. The average molecular weight is 411 g/mol. The number of carbonyl (C=O) groups is 3. The Hall–Kier alpha value is -4.01. The third-order valence-electron chi connectivity index (χ3n) is 3.98. The third-order valence-corrected chi connectivity index (χ3v) is 3.98. The zero-order valence-electron chi connectivity index (χ0n) is 16.4. The monoisotopic (exact) mass is 411 g/mol. The minimum atomic E-state index is -1.12. The molecular weight excluding hydrogens is 390 g/mol. The van der Waals surface area contributed by atoms with Crippen molar-refractivity contribution in [3.8, 4) is 5.82 Å². The van der Waals surface area contributed by atoms with E-state index in [1.165, 1.54) is 34.8 Å². The van der Waals surface area contributed by atoms with E-state index in [-0.39, 0.29) is 16.7 Å². The van der Waals surface area contributed by atoms with Gasteiger partial charge >= 0.3 is 17.9 Å². The van der Waals surface area contributed by atoms with E-state index in [2.05, 4.69) is 17.0 Å². The number of aromatic nitrogens is 3. The maximum atomic E-state index is 10.7. The maximum absolute atomic E-state index is 10.7. The number of hydrogen-bond acceptors (Lipinski definition) is 5. The molecule has 0 bridgehead atoms. The van der Waals surface area contributed by atoms with Gasteiger partial charge in [-0.1, -0.05) is 19.4 Å². The van der Waals surface area contributed by atoms with E-state index in [4.69, 9.17) is 15.3 Å². The summed E-state index contributed by atoms with van der Waals surface area (Å²) < 4.78 is 1.46. The van der Waals surface area contributed by atoms with Crippen LogP contribution < -0.4 is 0 Å². The second-order valence-corrected chi connectivity index (χ2v) is 6.45. The average Bonchev–Trinajstić information content (AvgIpc) is 3.19. The Morgan fingerprint density at radius 3 is 1.93 bits per heavy atom. The van der Waals surface area contributed by atoms with Crippen molar-refractivity contribution in [2.75, 3.05) is 0 Å². The van der Waals surface area contributed by atoms with E-state index in [1.807, 2.05) is 12.1 Å². The topological polar surface area (TPSA) is 143 Å². The van der Waals surface area contributed by atoms with Crippen LogP contribution in [0.5, 0.6) is 0 Å². The summed E-state index contributed by atoms with van der Waals surface area (Å²) in [6, 6.07) is 7.80. The molecule has 9 nitrogen and oxygen atoms in total. The van der Waals surface area contributed by atoms with Crippen molar-refractivity contribution < 1.29 is 29.7 Å². The fourth-order valence-corrected chi connectivity index (χ4v) is 2.58. The van der Waals surface area contributed by atoms with Crippen LogP contribution in [0, 0.1) is 6.92 Å². The van der Waals surface area contributed by atoms with E-state index in [0.717, 1.165) is 18.9 Å². The predicted octanol–water partition coefficient (Wildman–Crippen LogP) is 3.31. The van der Waals surface area contributed by atoms with Gasteiger partial charge < -0.3 is 15.3 Å². The molecule has 156 valence electrons. The highest BCUT2D eigenvalue weighted by molar-refractivity contribution is 5.94. The molecule has 2 aromatic heterocycles. The molecule has 0 aliphatic heterocycles. The van der Waals surface area contributed by atoms with Crippen molar-refractivity contribution in [1.82, 2.24) is 14.8 Å². The van der Waals surface area contributed by atoms with Crippen molar-refractivity contribution in [2.45, 2.75) is 26.7 Å². The number of benzene rings is 1. The molecule has 1 aromatic carbocycles. The molecule has 3 N–H and O–H groups in total. The third kappa shape index (κ3) is 5.99. The largest absolute Gasteiger partial charge is 0.478 e. The zero-order valence-corrected chi connectivity index (χ0v) is 16.4. The Labute approximate surface area is 172 Å². The van der Waals surface area contributed by atoms with E-state index in [0.29, 0.717) is 11.4 Å². The quantitative estimate of drug-likeness (QED) is 0.561. The van der Waals surface area contributed by atoms with Gasteiger partial charge in [-0.3, -0.25) is 0 Å². The van der Waals surface area contributed by atoms with Crippen LogP contribution in [0.3, 0.4) is 0 Å². The summed E-state index contributed by atoms with van der Waals surface area (Å²) in [6.45, 7) is 3.76. The normalized spacial score (nSPS) is 10.1. The molecule has 9 heteroatoms. The van der Waals surface area contributed by atoms with Gasteiger partial charge in [-0.15, -0.1) is 0 Å². The fourth-order valence-electron chi connectivity index (χ4n) is 2.58. The number of nitrogens with zero attached hydrogens (tertiary/aromatic N) is 3. The Morgan fingerprint density at radius 1 is 0.900 bits per heavy atom. The minimum absolute atomic E-state index is 0.00241. The van der Waals surface area contributed by atoms with Crippen LogP contribution in [0.15, 0.2) is 48.9 Å². The molecule has 0 radical (unpaired) electrons. The van der Waals surface area contributed by atoms with Crippen molar-refractivity contribution >= 4 is 17.9 Å². The van der Waals surface area contributed by atoms with Crippen molar-refractivity contribution in [3.63, 3.8) is 0 Å². The number of carboxylic acid groups (broad SMARTS) is 3. The van der Waals surface area contributed by atoms with Gasteiger partial charge in [0.2, 0.25) is 0 Å². The van der Waals surface area contributed by atoms with Gasteiger partial charge in [-0.2, -0.15) is 5.10 Å². The standard InChI is InChI=1S/C12H13N3O2.C9H8O4/c1-2-3-9-4-5-11(13-6-9)15-8-10(7-14-15)12(16)17;1-5-2-6(8(10)11)4-7(3-5)9(12)13/h4-8H,2-3H2,1H3,(H,16,17);2-4H,1H3,(H,10,11)(H,12,13). The van der Waals surface area contributed by atoms with E-state index in [1.54, 1.807) is 13.1 Å². The molecule has 0 amide bonds. The molecule has 3 aromatic rings. The van der Waals surface area contributed by atoms with Crippen LogP contribution in [0.25, 0.3) is 5.82 Å². The highest BCUT2D eigenvalue weighted by Crippen LogP contribution is 2.10. The molecule has 0 saturated carbocycles. The van der Waals surface area contributed by atoms with E-state index < -0.39 is 17.9 Å². The molecule has 0 aliphatic carbocycles. The number of aryl methyl sites for hydroxylation is 2. The van der Waals surface area contributed by atoms with Gasteiger partial charge in [-0.25, -0.2) is 24.0 Å². The van der Waals surface area contributed by atoms with Crippen molar-refractivity contribution in [2.24, 2.45) is 0 Å². The molecule has 30 heavy (non-hydrogen) atoms. The van der Waals surface area contributed by atoms with Gasteiger partial charge in [0.25, 0.3) is 0 Å². The first kappa shape index (κ1) is 22.3. The summed E-state index contributed by atoms with van der Waals surface area (Å²) in [5.74, 6) is -2.60. The van der Waals surface area contributed by atoms with E-state index >= 15 is 0 Å². The van der Waals surface area contributed by atoms with Gasteiger partial charge in [0.15, 0.2) is 5.82 Å². The van der Waals surface area contributed by atoms with Crippen LogP contribution in [-0.4, -0.2) is 48.0 Å². The lowest BCUT2D eigenvalue weighted by molar-refractivity contribution is 0.0682. The van der Waals surface area contributed by atoms with Crippen molar-refractivity contribution in [1.29, 1.82) is 0 Å². The molecule has 0 fully saturated rings. The van der Waals surface area contributed by atoms with Crippen LogP contribution in [0.4, 0.5) is 0 Å². The lowest BCUT2D eigenvalue weighted by Gasteiger charge is -2.01. The zero-order chi connectivity index (χ0) is 22.3. The summed E-state index contributed by atoms with van der Waals surface area (Å²) in [4.78, 5) is 36.0. The molecule has 0 aliphatic rings. The van der Waals surface area contributed by atoms with Crippen LogP contribution in [-0.2, 0) is 6.42 Å². The van der Waals surface area contributed by atoms with Gasteiger partial charge in [0, 0.05) is 12.4 Å². The molecule has 3 rings (SSSR count). The number of carboxylic acids is 3. The Bertz CT molecular complexity index is 1020. The number of rotatable bonds is 6. The molecule has 0 atom stereocenters. The molecular formula is C21H21N3O6. The first-order valence-corrected chi connectivity index (χ1v) is 9.02. The Balaban J connectivity index is 0.000000222. The van der Waals surface area contributed by atoms with Gasteiger partial charge in [-0.05, 0) is 48.7 Å². The summed E-state index contributed by atoms with van der Waals surface area (Å²) in [5.41, 5.74) is 1.94. The SMILES string of the molecule is CCCc1ccc(-n2cc(C(=O)O)cn2)nc1.Cc1cc(C(=O)O)cc(C(=O)O)c1. The van der Waals surface area contributed by atoms with Crippen LogP contribution in [0.2, 0.25) is 0 Å². The Morgan fingerprint density at radius 2 is 1.50 bits per heavy atom. The molecule has 2 heterocycles. The lowest BCUT2D eigenvalue weighted by atomic mass is 10.1. The smallest absolute Gasteiger partial charge is 0.338 e. The lowest BCUT2D eigenvalue weighted by Crippen LogP contribution is -2.02. The number of pyridine rings is 1. The molecule has 0 spiro atoms. The van der Waals surface area contributed by atoms with Crippen LogP contribution >= 0.6 is 0 Å². The number of hydrogen-bond donors (Lipinski definition) is 3. The van der Waals surface area contributed by atoms with Crippen molar-refractivity contribution in [3.05, 3.63) is 76.7 Å². The first-order chi connectivity index (χ1) is 14.2. The highest BCUT2D eigenvalue weighted by Gasteiger charge is 2.09. The second kappa shape index (κ2) is 9.97. The summed E-state index contributed by atoms with van der Waals surface area (Å²) in [6.07, 6.45) is 6.62. The maximum Gasteiger partial charge on any atom is 0.338 e. The highest BCUT2D eigenvalue weighted by atomic mass is 16.4. The van der Waals surface area contributed by atoms with Crippen LogP contribution in [0.1, 0.15) is 55.5 Å². The second-order valence-electron chi connectivity index (χ2n) is 6.45. The first-order valence-electron chi connectivity index (χ1n) is 9.02. The Kier molecular flexibility index (Phi) is 7.40. The molecule has 0 saturated heterocycles. The summed E-state index contributed by atoms with van der Waals surface area (Å²) >= 11 is 0.